The van der Waals surface area contributed by atoms with E-state index < -0.39 is 0 Å². The van der Waals surface area contributed by atoms with Crippen LogP contribution in [0.15, 0.2) is 52.4 Å². The highest BCUT2D eigenvalue weighted by Crippen LogP contribution is 2.35. The molecule has 0 radical (unpaired) electrons. The van der Waals surface area contributed by atoms with Crippen LogP contribution in [-0.2, 0) is 4.79 Å². The molecule has 0 bridgehead atoms. The maximum absolute atomic E-state index is 12.9. The minimum absolute atomic E-state index is 0.0348. The molecule has 0 unspecified atom stereocenters. The molecule has 1 fully saturated rings. The van der Waals surface area contributed by atoms with Crippen molar-refractivity contribution < 1.29 is 14.3 Å². The number of amides is 1. The molecule has 1 saturated heterocycles. The van der Waals surface area contributed by atoms with Crippen LogP contribution in [0.1, 0.15) is 31.9 Å². The lowest BCUT2D eigenvalue weighted by Crippen LogP contribution is -2.28. The first-order valence-electron chi connectivity index (χ1n) is 10.1. The zero-order valence-corrected chi connectivity index (χ0v) is 19.0. The second-order valence-corrected chi connectivity index (χ2v) is 8.51. The maximum atomic E-state index is 12.9. The second kappa shape index (κ2) is 9.85. The summed E-state index contributed by atoms with van der Waals surface area (Å²) in [5, 5.41) is 0.696. The van der Waals surface area contributed by atoms with E-state index in [0.717, 1.165) is 11.3 Å². The zero-order valence-electron chi connectivity index (χ0n) is 18.1. The maximum Gasteiger partial charge on any atom is 0.266 e. The number of methoxy groups -OCH3 is 1. The Bertz CT molecular complexity index is 965. The normalized spacial score (nSPS) is 16.7. The molecule has 2 aromatic carbocycles. The van der Waals surface area contributed by atoms with Crippen LogP contribution in [-0.4, -0.2) is 36.2 Å². The first-order chi connectivity index (χ1) is 14.4. The van der Waals surface area contributed by atoms with Gasteiger partial charge in [0.15, 0.2) is 16.7 Å². The number of ether oxygens (including phenoxy) is 2. The number of carbonyl (C=O) groups excluding carboxylic acids is 1. The molecular formula is C24H28N2O3S. The van der Waals surface area contributed by atoms with Crippen molar-refractivity contribution in [1.29, 1.82) is 0 Å². The zero-order chi connectivity index (χ0) is 21.7. The van der Waals surface area contributed by atoms with E-state index in [0.29, 0.717) is 40.6 Å². The van der Waals surface area contributed by atoms with Gasteiger partial charge in [-0.15, -0.1) is 0 Å². The largest absolute Gasteiger partial charge is 0.493 e. The molecule has 5 nitrogen and oxygen atoms in total. The van der Waals surface area contributed by atoms with Gasteiger partial charge in [-0.3, -0.25) is 9.69 Å². The van der Waals surface area contributed by atoms with Crippen molar-refractivity contribution in [2.45, 2.75) is 27.7 Å². The summed E-state index contributed by atoms with van der Waals surface area (Å²) < 4.78 is 11.3. The summed E-state index contributed by atoms with van der Waals surface area (Å²) in [5.41, 5.74) is 2.90. The van der Waals surface area contributed by atoms with Crippen LogP contribution in [0.2, 0.25) is 0 Å². The van der Waals surface area contributed by atoms with Crippen molar-refractivity contribution in [3.05, 3.63) is 58.5 Å². The topological polar surface area (TPSA) is 51.1 Å². The smallest absolute Gasteiger partial charge is 0.266 e. The molecule has 2 aromatic rings. The molecule has 3 rings (SSSR count). The third kappa shape index (κ3) is 5.25. The number of rotatable bonds is 7. The molecule has 1 amide bonds. The van der Waals surface area contributed by atoms with Crippen LogP contribution < -0.4 is 9.47 Å². The van der Waals surface area contributed by atoms with Gasteiger partial charge >= 0.3 is 0 Å². The molecule has 1 aliphatic rings. The summed E-state index contributed by atoms with van der Waals surface area (Å²) in [5.74, 6) is 1.75. The van der Waals surface area contributed by atoms with Gasteiger partial charge in [0.2, 0.25) is 0 Å². The molecule has 1 aliphatic heterocycles. The van der Waals surface area contributed by atoms with Crippen LogP contribution in [0.4, 0.5) is 5.69 Å². The quantitative estimate of drug-likeness (QED) is 0.538. The van der Waals surface area contributed by atoms with Gasteiger partial charge in [0.1, 0.15) is 0 Å². The van der Waals surface area contributed by atoms with Crippen LogP contribution in [0.25, 0.3) is 6.08 Å². The Labute approximate surface area is 182 Å². The van der Waals surface area contributed by atoms with E-state index >= 15 is 0 Å². The van der Waals surface area contributed by atoms with Gasteiger partial charge in [0.25, 0.3) is 5.91 Å². The third-order valence-corrected chi connectivity index (χ3v) is 5.53. The number of amidine groups is 1. The number of nitrogens with zero attached hydrogens (tertiary/aromatic N) is 2. The molecular weight excluding hydrogens is 396 g/mol. The first kappa shape index (κ1) is 22.0. The lowest BCUT2D eigenvalue weighted by atomic mass is 10.1. The lowest BCUT2D eigenvalue weighted by Gasteiger charge is -2.13. The fraction of sp³-hybridized carbons (Fsp3) is 0.333. The van der Waals surface area contributed by atoms with Crippen molar-refractivity contribution in [2.75, 3.05) is 20.3 Å². The molecule has 0 saturated carbocycles. The Balaban J connectivity index is 1.86. The van der Waals surface area contributed by atoms with E-state index in [4.69, 9.17) is 9.47 Å². The number of aliphatic imine (C=N–C) groups is 1. The minimum Gasteiger partial charge on any atom is -0.493 e. The SMILES string of the molecule is CCN1C(=O)/C(=C\c2ccc(OCC(C)C)c(OC)c2)SC1=Nc1ccc(C)cc1. The monoisotopic (exact) mass is 424 g/mol. The van der Waals surface area contributed by atoms with Crippen LogP contribution in [0.5, 0.6) is 11.5 Å². The number of benzene rings is 2. The van der Waals surface area contributed by atoms with Crippen LogP contribution in [0.3, 0.4) is 0 Å². The highest BCUT2D eigenvalue weighted by Gasteiger charge is 2.32. The number of hydrogen-bond acceptors (Lipinski definition) is 5. The molecule has 158 valence electrons. The van der Waals surface area contributed by atoms with Gasteiger partial charge in [0, 0.05) is 6.54 Å². The van der Waals surface area contributed by atoms with Crippen LogP contribution in [0, 0.1) is 12.8 Å². The average Bonchev–Trinajstić information content (AvgIpc) is 3.02. The van der Waals surface area contributed by atoms with Crippen molar-refractivity contribution >= 4 is 34.6 Å². The number of aryl methyl sites for hydroxylation is 1. The van der Waals surface area contributed by atoms with E-state index in [2.05, 4.69) is 18.8 Å². The Hall–Kier alpha value is -2.73. The molecule has 1 heterocycles. The van der Waals surface area contributed by atoms with Crippen molar-refractivity contribution in [1.82, 2.24) is 4.90 Å². The molecule has 0 N–H and O–H groups in total. The Morgan fingerprint density at radius 1 is 1.13 bits per heavy atom. The Morgan fingerprint density at radius 2 is 1.87 bits per heavy atom. The molecule has 30 heavy (non-hydrogen) atoms. The summed E-state index contributed by atoms with van der Waals surface area (Å²) in [7, 11) is 1.62. The van der Waals surface area contributed by atoms with E-state index in [1.165, 1.54) is 17.3 Å². The molecule has 0 aliphatic carbocycles. The van der Waals surface area contributed by atoms with E-state index in [1.54, 1.807) is 12.0 Å². The van der Waals surface area contributed by atoms with Gasteiger partial charge in [-0.05, 0) is 67.4 Å². The number of hydrogen-bond donors (Lipinski definition) is 0. The number of likely N-dealkylation sites (N-methyl/N-ethyl adjacent to an activating group) is 1. The van der Waals surface area contributed by atoms with Crippen molar-refractivity contribution in [3.63, 3.8) is 0 Å². The highest BCUT2D eigenvalue weighted by atomic mass is 32.2. The number of thioether (sulfide) groups is 1. The second-order valence-electron chi connectivity index (χ2n) is 7.51. The predicted octanol–water partition coefficient (Wildman–Crippen LogP) is 5.66. The Kier molecular flexibility index (Phi) is 7.21. The van der Waals surface area contributed by atoms with Gasteiger partial charge in [0.05, 0.1) is 24.3 Å². The average molecular weight is 425 g/mol. The molecule has 0 aromatic heterocycles. The Morgan fingerprint density at radius 3 is 2.50 bits per heavy atom. The van der Waals surface area contributed by atoms with Gasteiger partial charge in [-0.25, -0.2) is 4.99 Å². The van der Waals surface area contributed by atoms with Crippen LogP contribution >= 0.6 is 11.8 Å². The summed E-state index contributed by atoms with van der Waals surface area (Å²) >= 11 is 1.39. The van der Waals surface area contributed by atoms with Gasteiger partial charge in [-0.2, -0.15) is 0 Å². The summed E-state index contributed by atoms with van der Waals surface area (Å²) in [6.45, 7) is 9.38. The summed E-state index contributed by atoms with van der Waals surface area (Å²) in [6, 6.07) is 13.7. The van der Waals surface area contributed by atoms with E-state index in [1.807, 2.05) is 62.4 Å². The van der Waals surface area contributed by atoms with E-state index in [-0.39, 0.29) is 5.91 Å². The van der Waals surface area contributed by atoms with Crippen molar-refractivity contribution in [2.24, 2.45) is 10.9 Å². The fourth-order valence-corrected chi connectivity index (χ4v) is 3.96. The highest BCUT2D eigenvalue weighted by molar-refractivity contribution is 8.18. The lowest BCUT2D eigenvalue weighted by molar-refractivity contribution is -0.122. The first-order valence-corrected chi connectivity index (χ1v) is 10.9. The van der Waals surface area contributed by atoms with Crippen molar-refractivity contribution in [3.8, 4) is 11.5 Å². The molecule has 6 heteroatoms. The summed E-state index contributed by atoms with van der Waals surface area (Å²) in [6.07, 6.45) is 1.88. The standard InChI is InChI=1S/C24H28N2O3S/c1-6-26-23(27)22(30-24(26)25-19-10-7-17(4)8-11-19)14-18-9-12-20(21(13-18)28-5)29-15-16(2)3/h7-14,16H,6,15H2,1-5H3/b22-14+,25-24?. The van der Waals surface area contributed by atoms with Gasteiger partial charge in [-0.1, -0.05) is 37.6 Å². The third-order valence-electron chi connectivity index (χ3n) is 4.52. The van der Waals surface area contributed by atoms with E-state index in [9.17, 15) is 4.79 Å². The minimum atomic E-state index is -0.0348. The molecule has 0 spiro atoms. The molecule has 0 atom stereocenters. The summed E-state index contributed by atoms with van der Waals surface area (Å²) in [4.78, 5) is 19.9. The predicted molar refractivity (Wildman–Crippen MR) is 125 cm³/mol. The fourth-order valence-electron chi connectivity index (χ4n) is 2.90. The van der Waals surface area contributed by atoms with Gasteiger partial charge < -0.3 is 9.47 Å². The number of carbonyl (C=O) groups is 1.